The van der Waals surface area contributed by atoms with Crippen LogP contribution in [0.4, 0.5) is 5.69 Å². The third-order valence-electron chi connectivity index (χ3n) is 2.60. The summed E-state index contributed by atoms with van der Waals surface area (Å²) in [5.74, 6) is -1.97. The van der Waals surface area contributed by atoms with Gasteiger partial charge in [-0.15, -0.1) is 0 Å². The Labute approximate surface area is 120 Å². The first-order chi connectivity index (χ1) is 9.79. The van der Waals surface area contributed by atoms with E-state index in [0.717, 1.165) is 12.1 Å². The number of aromatic carboxylic acids is 1. The molecule has 0 aliphatic carbocycles. The molecule has 0 radical (unpaired) electrons. The average molecular weight is 309 g/mol. The Kier molecular flexibility index (Phi) is 3.81. The van der Waals surface area contributed by atoms with Crippen LogP contribution in [0.15, 0.2) is 45.9 Å². The smallest absolute Gasteiger partial charge is 0.371 e. The molecule has 21 heavy (non-hydrogen) atoms. The normalized spacial score (nSPS) is 11.1. The molecule has 0 saturated heterocycles. The van der Waals surface area contributed by atoms with E-state index in [1.54, 1.807) is 0 Å². The molecule has 0 atom stereocenters. The molecule has 0 saturated carbocycles. The summed E-state index contributed by atoms with van der Waals surface area (Å²) in [7, 11) is -4.02. The minimum atomic E-state index is -4.02. The monoisotopic (exact) mass is 309 g/mol. The lowest BCUT2D eigenvalue weighted by Crippen LogP contribution is -2.12. The highest BCUT2D eigenvalue weighted by Crippen LogP contribution is 2.19. The Bertz CT molecular complexity index is 788. The molecule has 2 N–H and O–H groups in total. The van der Waals surface area contributed by atoms with Gasteiger partial charge in [-0.3, -0.25) is 9.52 Å². The van der Waals surface area contributed by atoms with Gasteiger partial charge in [0, 0.05) is 11.3 Å². The number of carbonyl (C=O) groups excluding carboxylic acids is 1. The SMILES string of the molecule is CC(=O)c1ccc(NS(=O)(=O)c2ccc(C(=O)O)o2)cc1. The summed E-state index contributed by atoms with van der Waals surface area (Å²) in [6.45, 7) is 1.40. The van der Waals surface area contributed by atoms with Gasteiger partial charge in [-0.1, -0.05) is 0 Å². The Morgan fingerprint density at radius 2 is 1.71 bits per heavy atom. The highest BCUT2D eigenvalue weighted by molar-refractivity contribution is 7.92. The van der Waals surface area contributed by atoms with Crippen molar-refractivity contribution in [2.24, 2.45) is 0 Å². The second-order valence-corrected chi connectivity index (χ2v) is 5.78. The predicted molar refractivity (Wildman–Crippen MR) is 72.9 cm³/mol. The number of sulfonamides is 1. The first-order valence-corrected chi connectivity index (χ1v) is 7.25. The zero-order valence-corrected chi connectivity index (χ0v) is 11.7. The van der Waals surface area contributed by atoms with Gasteiger partial charge >= 0.3 is 5.97 Å². The van der Waals surface area contributed by atoms with E-state index in [2.05, 4.69) is 4.72 Å². The van der Waals surface area contributed by atoms with E-state index in [4.69, 9.17) is 9.52 Å². The number of furan rings is 1. The van der Waals surface area contributed by atoms with Gasteiger partial charge in [0.25, 0.3) is 10.0 Å². The second kappa shape index (κ2) is 5.41. The lowest BCUT2D eigenvalue weighted by atomic mass is 10.1. The van der Waals surface area contributed by atoms with Gasteiger partial charge in [0.15, 0.2) is 5.78 Å². The lowest BCUT2D eigenvalue weighted by Gasteiger charge is -2.06. The maximum atomic E-state index is 12.0. The summed E-state index contributed by atoms with van der Waals surface area (Å²) in [5, 5.41) is 8.19. The zero-order chi connectivity index (χ0) is 15.6. The van der Waals surface area contributed by atoms with Gasteiger partial charge in [0.1, 0.15) is 0 Å². The maximum absolute atomic E-state index is 12.0. The highest BCUT2D eigenvalue weighted by atomic mass is 32.2. The van der Waals surface area contributed by atoms with Gasteiger partial charge in [-0.2, -0.15) is 8.42 Å². The number of ketones is 1. The fourth-order valence-corrected chi connectivity index (χ4v) is 2.55. The summed E-state index contributed by atoms with van der Waals surface area (Å²) in [6.07, 6.45) is 0. The van der Waals surface area contributed by atoms with Crippen molar-refractivity contribution < 1.29 is 27.5 Å². The number of benzene rings is 1. The van der Waals surface area contributed by atoms with Crippen LogP contribution in [0.3, 0.4) is 0 Å². The van der Waals surface area contributed by atoms with E-state index >= 15 is 0 Å². The van der Waals surface area contributed by atoms with E-state index in [0.29, 0.717) is 5.56 Å². The van der Waals surface area contributed by atoms with Crippen molar-refractivity contribution in [2.45, 2.75) is 12.0 Å². The van der Waals surface area contributed by atoms with Gasteiger partial charge in [0.05, 0.1) is 0 Å². The van der Waals surface area contributed by atoms with Crippen LogP contribution in [-0.4, -0.2) is 25.3 Å². The number of hydrogen-bond donors (Lipinski definition) is 2. The number of carboxylic acid groups (broad SMARTS) is 1. The van der Waals surface area contributed by atoms with Crippen LogP contribution in [0.1, 0.15) is 27.8 Å². The van der Waals surface area contributed by atoms with E-state index < -0.39 is 26.8 Å². The van der Waals surface area contributed by atoms with E-state index in [-0.39, 0.29) is 11.5 Å². The molecule has 2 aromatic rings. The molecule has 0 aliphatic heterocycles. The molecule has 110 valence electrons. The summed E-state index contributed by atoms with van der Waals surface area (Å²) < 4.78 is 31.0. The van der Waals surface area contributed by atoms with Crippen LogP contribution >= 0.6 is 0 Å². The molecule has 1 aromatic carbocycles. The molecule has 1 aromatic heterocycles. The number of Topliss-reactive ketones (excluding diaryl/α,β-unsaturated/α-hetero) is 1. The molecule has 7 nitrogen and oxygen atoms in total. The Morgan fingerprint density at radius 3 is 2.19 bits per heavy atom. The second-order valence-electron chi connectivity index (χ2n) is 4.16. The van der Waals surface area contributed by atoms with Crippen LogP contribution in [-0.2, 0) is 10.0 Å². The van der Waals surface area contributed by atoms with Crippen LogP contribution in [0.2, 0.25) is 0 Å². The molecular formula is C13H11NO6S. The van der Waals surface area contributed by atoms with Crippen LogP contribution in [0.25, 0.3) is 0 Å². The summed E-state index contributed by atoms with van der Waals surface area (Å²) in [4.78, 5) is 21.8. The quantitative estimate of drug-likeness (QED) is 0.816. The molecule has 0 bridgehead atoms. The molecule has 0 unspecified atom stereocenters. The van der Waals surface area contributed by atoms with Crippen LogP contribution in [0.5, 0.6) is 0 Å². The molecule has 0 aliphatic rings. The average Bonchev–Trinajstić information content (AvgIpc) is 2.89. The number of rotatable bonds is 5. The molecule has 1 heterocycles. The fraction of sp³-hybridized carbons (Fsp3) is 0.0769. The molecule has 8 heteroatoms. The van der Waals surface area contributed by atoms with Crippen molar-refractivity contribution in [1.82, 2.24) is 0 Å². The Hall–Kier alpha value is -2.61. The lowest BCUT2D eigenvalue weighted by molar-refractivity contribution is 0.0656. The number of carboxylic acids is 1. The third kappa shape index (κ3) is 3.29. The van der Waals surface area contributed by atoms with Gasteiger partial charge < -0.3 is 9.52 Å². The van der Waals surface area contributed by atoms with Crippen LogP contribution in [0, 0.1) is 0 Å². The molecule has 2 rings (SSSR count). The highest BCUT2D eigenvalue weighted by Gasteiger charge is 2.21. The topological polar surface area (TPSA) is 114 Å². The van der Waals surface area contributed by atoms with Crippen molar-refractivity contribution in [3.63, 3.8) is 0 Å². The van der Waals surface area contributed by atoms with Gasteiger partial charge in [-0.05, 0) is 43.3 Å². The predicted octanol–water partition coefficient (Wildman–Crippen LogP) is 1.98. The van der Waals surface area contributed by atoms with Crippen molar-refractivity contribution in [3.8, 4) is 0 Å². The first-order valence-electron chi connectivity index (χ1n) is 5.76. The minimum absolute atomic E-state index is 0.137. The first kappa shape index (κ1) is 14.8. The van der Waals surface area contributed by atoms with Crippen LogP contribution < -0.4 is 4.72 Å². The largest absolute Gasteiger partial charge is 0.475 e. The van der Waals surface area contributed by atoms with Crippen molar-refractivity contribution in [2.75, 3.05) is 4.72 Å². The van der Waals surface area contributed by atoms with E-state index in [1.165, 1.54) is 31.2 Å². The number of nitrogens with one attached hydrogen (secondary N) is 1. The van der Waals surface area contributed by atoms with Crippen molar-refractivity contribution in [1.29, 1.82) is 0 Å². The van der Waals surface area contributed by atoms with E-state index in [1.807, 2.05) is 0 Å². The van der Waals surface area contributed by atoms with Gasteiger partial charge in [-0.25, -0.2) is 4.79 Å². The number of carbonyl (C=O) groups is 2. The maximum Gasteiger partial charge on any atom is 0.371 e. The summed E-state index contributed by atoms with van der Waals surface area (Å²) >= 11 is 0. The standard InChI is InChI=1S/C13H11NO6S/c1-8(15)9-2-4-10(5-3-9)14-21(18,19)12-7-6-11(20-12)13(16)17/h2-7,14H,1H3,(H,16,17). The van der Waals surface area contributed by atoms with Crippen molar-refractivity contribution in [3.05, 3.63) is 47.7 Å². The molecule has 0 spiro atoms. The zero-order valence-electron chi connectivity index (χ0n) is 10.9. The molecule has 0 amide bonds. The van der Waals surface area contributed by atoms with Crippen molar-refractivity contribution >= 4 is 27.5 Å². The van der Waals surface area contributed by atoms with E-state index in [9.17, 15) is 18.0 Å². The Balaban J connectivity index is 2.24. The number of hydrogen-bond acceptors (Lipinski definition) is 5. The summed E-state index contributed by atoms with van der Waals surface area (Å²) in [6, 6.07) is 7.91. The molecule has 0 fully saturated rings. The minimum Gasteiger partial charge on any atom is -0.475 e. The summed E-state index contributed by atoms with van der Waals surface area (Å²) in [5.41, 5.74) is 0.678. The van der Waals surface area contributed by atoms with Gasteiger partial charge in [0.2, 0.25) is 10.9 Å². The molecular weight excluding hydrogens is 298 g/mol. The third-order valence-corrected chi connectivity index (χ3v) is 3.85. The fourth-order valence-electron chi connectivity index (χ4n) is 1.56. The Morgan fingerprint density at radius 1 is 1.10 bits per heavy atom. The number of anilines is 1.